The maximum absolute atomic E-state index is 5.88. The van der Waals surface area contributed by atoms with Gasteiger partial charge in [-0.3, -0.25) is 0 Å². The second-order valence-electron chi connectivity index (χ2n) is 4.70. The summed E-state index contributed by atoms with van der Waals surface area (Å²) in [7, 11) is 0. The minimum Gasteiger partial charge on any atom is -0.492 e. The summed E-state index contributed by atoms with van der Waals surface area (Å²) in [5.74, 6) is 1.49. The normalized spacial score (nSPS) is 17.6. The molecule has 3 rings (SSSR count). The van der Waals surface area contributed by atoms with Gasteiger partial charge in [0, 0.05) is 11.5 Å². The highest BCUT2D eigenvalue weighted by atomic mass is 16.5. The summed E-state index contributed by atoms with van der Waals surface area (Å²) in [4.78, 5) is 0. The van der Waals surface area contributed by atoms with E-state index in [0.717, 1.165) is 12.4 Å². The Kier molecular flexibility index (Phi) is 2.40. The lowest BCUT2D eigenvalue weighted by atomic mass is 9.91. The van der Waals surface area contributed by atoms with Crippen molar-refractivity contribution in [2.24, 2.45) is 0 Å². The molecule has 1 aliphatic heterocycles. The van der Waals surface area contributed by atoms with Crippen LogP contribution >= 0.6 is 0 Å². The van der Waals surface area contributed by atoms with E-state index in [0.29, 0.717) is 5.92 Å². The van der Waals surface area contributed by atoms with Crippen molar-refractivity contribution in [2.75, 3.05) is 6.61 Å². The average molecular weight is 224 g/mol. The van der Waals surface area contributed by atoms with Gasteiger partial charge in [-0.15, -0.1) is 0 Å². The molecule has 17 heavy (non-hydrogen) atoms. The van der Waals surface area contributed by atoms with Crippen LogP contribution < -0.4 is 4.74 Å². The second-order valence-corrected chi connectivity index (χ2v) is 4.70. The van der Waals surface area contributed by atoms with E-state index >= 15 is 0 Å². The summed E-state index contributed by atoms with van der Waals surface area (Å²) in [6.07, 6.45) is 0. The van der Waals surface area contributed by atoms with Crippen LogP contribution in [0.25, 0.3) is 0 Å². The van der Waals surface area contributed by atoms with E-state index in [4.69, 9.17) is 4.74 Å². The molecule has 0 aliphatic carbocycles. The molecular weight excluding hydrogens is 208 g/mol. The predicted octanol–water partition coefficient (Wildman–Crippen LogP) is 3.83. The molecule has 1 atom stereocenters. The molecule has 2 aromatic carbocycles. The van der Waals surface area contributed by atoms with Gasteiger partial charge in [0.25, 0.3) is 0 Å². The third-order valence-corrected chi connectivity index (χ3v) is 3.68. The van der Waals surface area contributed by atoms with Crippen molar-refractivity contribution in [3.8, 4) is 5.75 Å². The van der Waals surface area contributed by atoms with Gasteiger partial charge in [-0.1, -0.05) is 42.5 Å². The van der Waals surface area contributed by atoms with Crippen LogP contribution in [0, 0.1) is 13.8 Å². The molecule has 0 bridgehead atoms. The maximum atomic E-state index is 5.88. The van der Waals surface area contributed by atoms with Crippen molar-refractivity contribution in [3.05, 3.63) is 64.7 Å². The summed E-state index contributed by atoms with van der Waals surface area (Å²) in [6.45, 7) is 5.04. The number of fused-ring (bicyclic) bond motifs is 1. The van der Waals surface area contributed by atoms with E-state index in [1.165, 1.54) is 22.3 Å². The summed E-state index contributed by atoms with van der Waals surface area (Å²) < 4.78 is 5.88. The third kappa shape index (κ3) is 1.62. The van der Waals surface area contributed by atoms with Gasteiger partial charge >= 0.3 is 0 Å². The highest BCUT2D eigenvalue weighted by Gasteiger charge is 2.27. The van der Waals surface area contributed by atoms with Gasteiger partial charge in [0.2, 0.25) is 0 Å². The second kappa shape index (κ2) is 3.92. The van der Waals surface area contributed by atoms with Crippen LogP contribution in [0.4, 0.5) is 0 Å². The molecule has 0 spiro atoms. The van der Waals surface area contributed by atoms with Crippen LogP contribution in [0.15, 0.2) is 42.5 Å². The molecule has 1 unspecified atom stereocenters. The van der Waals surface area contributed by atoms with Crippen LogP contribution in [0.3, 0.4) is 0 Å². The molecular formula is C16H16O. The molecule has 1 nitrogen and oxygen atoms in total. The van der Waals surface area contributed by atoms with Gasteiger partial charge in [0.15, 0.2) is 0 Å². The van der Waals surface area contributed by atoms with Crippen molar-refractivity contribution in [1.29, 1.82) is 0 Å². The van der Waals surface area contributed by atoms with Crippen LogP contribution in [-0.2, 0) is 0 Å². The number of rotatable bonds is 1. The summed E-state index contributed by atoms with van der Waals surface area (Å²) in [5, 5.41) is 0. The van der Waals surface area contributed by atoms with Gasteiger partial charge in [-0.2, -0.15) is 0 Å². The average Bonchev–Trinajstić information content (AvgIpc) is 2.79. The minimum absolute atomic E-state index is 0.394. The number of hydrogen-bond acceptors (Lipinski definition) is 1. The van der Waals surface area contributed by atoms with Gasteiger partial charge in [-0.05, 0) is 30.5 Å². The zero-order chi connectivity index (χ0) is 11.8. The Hall–Kier alpha value is -1.76. The van der Waals surface area contributed by atoms with Crippen molar-refractivity contribution >= 4 is 0 Å². The molecule has 1 heterocycles. The Morgan fingerprint density at radius 1 is 1.00 bits per heavy atom. The largest absolute Gasteiger partial charge is 0.492 e. The Morgan fingerprint density at radius 2 is 1.76 bits per heavy atom. The van der Waals surface area contributed by atoms with Gasteiger partial charge in [0.05, 0.1) is 6.61 Å². The first-order valence-corrected chi connectivity index (χ1v) is 6.05. The van der Waals surface area contributed by atoms with Crippen molar-refractivity contribution in [1.82, 2.24) is 0 Å². The van der Waals surface area contributed by atoms with E-state index in [2.05, 4.69) is 56.3 Å². The third-order valence-electron chi connectivity index (χ3n) is 3.68. The summed E-state index contributed by atoms with van der Waals surface area (Å²) in [6, 6.07) is 15.0. The molecule has 0 aromatic heterocycles. The molecule has 2 aromatic rings. The van der Waals surface area contributed by atoms with Crippen LogP contribution in [0.2, 0.25) is 0 Å². The fourth-order valence-electron chi connectivity index (χ4n) is 2.49. The molecule has 0 fully saturated rings. The topological polar surface area (TPSA) is 9.23 Å². The first-order chi connectivity index (χ1) is 8.27. The highest BCUT2D eigenvalue weighted by Crippen LogP contribution is 2.40. The first-order valence-electron chi connectivity index (χ1n) is 6.05. The van der Waals surface area contributed by atoms with Crippen LogP contribution in [0.5, 0.6) is 5.75 Å². The summed E-state index contributed by atoms with van der Waals surface area (Å²) in [5.41, 5.74) is 5.26. The number of ether oxygens (including phenoxy) is 1. The Balaban J connectivity index is 2.08. The molecule has 0 radical (unpaired) electrons. The lowest BCUT2D eigenvalue weighted by Gasteiger charge is -2.10. The van der Waals surface area contributed by atoms with Gasteiger partial charge < -0.3 is 4.74 Å². The van der Waals surface area contributed by atoms with E-state index < -0.39 is 0 Å². The fraction of sp³-hybridized carbons (Fsp3) is 0.250. The van der Waals surface area contributed by atoms with E-state index in [1.54, 1.807) is 0 Å². The Bertz CT molecular complexity index is 543. The summed E-state index contributed by atoms with van der Waals surface area (Å²) >= 11 is 0. The number of hydrogen-bond donors (Lipinski definition) is 0. The van der Waals surface area contributed by atoms with E-state index in [-0.39, 0.29) is 0 Å². The molecule has 0 saturated carbocycles. The molecule has 1 heteroatoms. The first kappa shape index (κ1) is 10.4. The smallest absolute Gasteiger partial charge is 0.126 e. The molecule has 0 saturated heterocycles. The Labute approximate surface area is 102 Å². The standard InChI is InChI=1S/C16H16O/c1-11-8-9-14-15(10-17-16(14)12(11)2)13-6-4-3-5-7-13/h3-9,15H,10H2,1-2H3. The van der Waals surface area contributed by atoms with Crippen molar-refractivity contribution < 1.29 is 4.74 Å². The predicted molar refractivity (Wildman–Crippen MR) is 69.7 cm³/mol. The van der Waals surface area contributed by atoms with Crippen molar-refractivity contribution in [2.45, 2.75) is 19.8 Å². The van der Waals surface area contributed by atoms with Crippen LogP contribution in [-0.4, -0.2) is 6.61 Å². The Morgan fingerprint density at radius 3 is 2.53 bits per heavy atom. The minimum atomic E-state index is 0.394. The fourth-order valence-corrected chi connectivity index (χ4v) is 2.49. The zero-order valence-corrected chi connectivity index (χ0v) is 10.2. The monoisotopic (exact) mass is 224 g/mol. The lowest BCUT2D eigenvalue weighted by molar-refractivity contribution is 0.341. The molecule has 0 N–H and O–H groups in total. The lowest BCUT2D eigenvalue weighted by Crippen LogP contribution is -2.01. The number of aryl methyl sites for hydroxylation is 1. The molecule has 86 valence electrons. The highest BCUT2D eigenvalue weighted by molar-refractivity contribution is 5.52. The number of benzene rings is 2. The van der Waals surface area contributed by atoms with E-state index in [9.17, 15) is 0 Å². The van der Waals surface area contributed by atoms with Crippen LogP contribution in [0.1, 0.15) is 28.2 Å². The van der Waals surface area contributed by atoms with E-state index in [1.807, 2.05) is 0 Å². The van der Waals surface area contributed by atoms with Gasteiger partial charge in [0.1, 0.15) is 5.75 Å². The van der Waals surface area contributed by atoms with Crippen molar-refractivity contribution in [3.63, 3.8) is 0 Å². The zero-order valence-electron chi connectivity index (χ0n) is 10.2. The maximum Gasteiger partial charge on any atom is 0.126 e. The SMILES string of the molecule is Cc1ccc2c(c1C)OCC2c1ccccc1. The quantitative estimate of drug-likeness (QED) is 0.715. The van der Waals surface area contributed by atoms with Gasteiger partial charge in [-0.25, -0.2) is 0 Å². The molecule has 1 aliphatic rings. The molecule has 0 amide bonds.